The van der Waals surface area contributed by atoms with Crippen LogP contribution in [0, 0.1) is 0 Å². The van der Waals surface area contributed by atoms with E-state index in [0.717, 1.165) is 57.1 Å². The first-order chi connectivity index (χ1) is 14.1. The van der Waals surface area contributed by atoms with Crippen molar-refractivity contribution in [2.24, 2.45) is 0 Å². The van der Waals surface area contributed by atoms with Crippen molar-refractivity contribution in [1.29, 1.82) is 0 Å². The monoisotopic (exact) mass is 393 g/mol. The molecule has 2 heterocycles. The van der Waals surface area contributed by atoms with E-state index in [1.54, 1.807) is 0 Å². The van der Waals surface area contributed by atoms with E-state index in [4.69, 9.17) is 10.1 Å². The Morgan fingerprint density at radius 1 is 1.03 bits per heavy atom. The van der Waals surface area contributed by atoms with Crippen molar-refractivity contribution in [3.63, 3.8) is 0 Å². The molecule has 1 aromatic carbocycles. The van der Waals surface area contributed by atoms with E-state index in [0.29, 0.717) is 6.61 Å². The summed E-state index contributed by atoms with van der Waals surface area (Å²) in [7, 11) is 0. The predicted molar refractivity (Wildman–Crippen MR) is 121 cm³/mol. The number of benzene rings is 1. The lowest BCUT2D eigenvalue weighted by molar-refractivity contribution is 0.232. The predicted octanol–water partition coefficient (Wildman–Crippen LogP) is 4.26. The summed E-state index contributed by atoms with van der Waals surface area (Å²) >= 11 is 0. The number of hydrogen-bond acceptors (Lipinski definition) is 4. The molecule has 1 N–H and O–H groups in total. The summed E-state index contributed by atoms with van der Waals surface area (Å²) in [4.78, 5) is 9.95. The fourth-order valence-electron chi connectivity index (χ4n) is 4.85. The minimum atomic E-state index is 0.257. The van der Waals surface area contributed by atoms with Gasteiger partial charge in [0.1, 0.15) is 5.82 Å². The Labute approximate surface area is 175 Å². The van der Waals surface area contributed by atoms with E-state index < -0.39 is 0 Å². The first-order valence-electron chi connectivity index (χ1n) is 11.3. The number of piperazine rings is 1. The van der Waals surface area contributed by atoms with Gasteiger partial charge in [0, 0.05) is 38.3 Å². The van der Waals surface area contributed by atoms with Crippen molar-refractivity contribution in [3.05, 3.63) is 47.5 Å². The fourth-order valence-corrected chi connectivity index (χ4v) is 4.85. The first-order valence-corrected chi connectivity index (χ1v) is 11.3. The van der Waals surface area contributed by atoms with Gasteiger partial charge < -0.3 is 10.0 Å². The largest absolute Gasteiger partial charge is 0.396 e. The summed E-state index contributed by atoms with van der Waals surface area (Å²) < 4.78 is 0. The number of fused-ring (bicyclic) bond motifs is 1. The topological polar surface area (TPSA) is 39.6 Å². The van der Waals surface area contributed by atoms with Crippen molar-refractivity contribution in [1.82, 2.24) is 9.88 Å². The van der Waals surface area contributed by atoms with Crippen LogP contribution in [0.5, 0.6) is 0 Å². The Kier molecular flexibility index (Phi) is 6.21. The Morgan fingerprint density at radius 3 is 2.66 bits per heavy atom. The molecule has 0 radical (unpaired) electrons. The van der Waals surface area contributed by atoms with Crippen molar-refractivity contribution in [2.75, 3.05) is 44.2 Å². The molecule has 0 bridgehead atoms. The number of pyridine rings is 1. The maximum Gasteiger partial charge on any atom is 0.129 e. The molecule has 4 rings (SSSR count). The van der Waals surface area contributed by atoms with Crippen LogP contribution in [0.2, 0.25) is 0 Å². The molecule has 0 unspecified atom stereocenters. The van der Waals surface area contributed by atoms with Gasteiger partial charge in [-0.25, -0.2) is 4.98 Å². The number of unbranched alkanes of at least 4 members (excludes halogenated alkanes) is 1. The molecular weight excluding hydrogens is 358 g/mol. The summed E-state index contributed by atoms with van der Waals surface area (Å²) in [5.74, 6) is 1.09. The highest BCUT2D eigenvalue weighted by Gasteiger charge is 2.27. The highest BCUT2D eigenvalue weighted by molar-refractivity contribution is 5.64. The Bertz CT molecular complexity index is 825. The van der Waals surface area contributed by atoms with Gasteiger partial charge in [0.05, 0.1) is 5.69 Å². The fraction of sp³-hybridized carbons (Fsp3) is 0.560. The molecule has 4 heteroatoms. The Balaban J connectivity index is 1.47. The minimum Gasteiger partial charge on any atom is -0.396 e. The van der Waals surface area contributed by atoms with E-state index in [1.807, 2.05) is 0 Å². The van der Waals surface area contributed by atoms with Gasteiger partial charge in [-0.1, -0.05) is 32.0 Å². The third-order valence-corrected chi connectivity index (χ3v) is 6.70. The lowest BCUT2D eigenvalue weighted by Crippen LogP contribution is -2.46. The Morgan fingerprint density at radius 2 is 1.86 bits per heavy atom. The lowest BCUT2D eigenvalue weighted by atomic mass is 9.72. The molecule has 1 aliphatic carbocycles. The maximum atomic E-state index is 8.97. The molecule has 1 saturated heterocycles. The number of aryl methyl sites for hydroxylation is 1. The normalized spacial score (nSPS) is 19.2. The molecule has 1 aliphatic heterocycles. The van der Waals surface area contributed by atoms with Gasteiger partial charge in [0.25, 0.3) is 0 Å². The second-order valence-corrected chi connectivity index (χ2v) is 9.25. The summed E-state index contributed by atoms with van der Waals surface area (Å²) in [6.07, 6.45) is 5.74. The van der Waals surface area contributed by atoms with Crippen molar-refractivity contribution < 1.29 is 5.11 Å². The zero-order valence-corrected chi connectivity index (χ0v) is 18.0. The standard InChI is InChI=1S/C25H35N3O/c1-25(2)12-6-7-20-10-11-21(19-22(20)25)23-8-5-9-24(26-23)28-16-14-27(15-17-28)13-3-4-18-29/h5,8-11,19,29H,3-4,6-7,12-18H2,1-2H3. The van der Waals surface area contributed by atoms with Gasteiger partial charge in [-0.2, -0.15) is 0 Å². The van der Waals surface area contributed by atoms with Crippen LogP contribution in [0.4, 0.5) is 5.82 Å². The molecule has 0 atom stereocenters. The van der Waals surface area contributed by atoms with Crippen LogP contribution < -0.4 is 4.90 Å². The maximum absolute atomic E-state index is 8.97. The summed E-state index contributed by atoms with van der Waals surface area (Å²) in [6.45, 7) is 10.3. The molecule has 1 aromatic heterocycles. The number of rotatable bonds is 6. The molecule has 29 heavy (non-hydrogen) atoms. The van der Waals surface area contributed by atoms with E-state index in [2.05, 4.69) is 60.0 Å². The minimum absolute atomic E-state index is 0.257. The summed E-state index contributed by atoms with van der Waals surface area (Å²) in [6, 6.07) is 13.4. The second-order valence-electron chi connectivity index (χ2n) is 9.25. The van der Waals surface area contributed by atoms with Crippen LogP contribution in [-0.2, 0) is 11.8 Å². The number of nitrogens with zero attached hydrogens (tertiary/aromatic N) is 3. The zero-order chi connectivity index (χ0) is 20.3. The van der Waals surface area contributed by atoms with Crippen molar-refractivity contribution >= 4 is 5.82 Å². The van der Waals surface area contributed by atoms with Crippen LogP contribution in [0.15, 0.2) is 36.4 Å². The molecule has 2 aliphatic rings. The van der Waals surface area contributed by atoms with Crippen molar-refractivity contribution in [2.45, 2.75) is 51.4 Å². The van der Waals surface area contributed by atoms with Crippen LogP contribution in [0.3, 0.4) is 0 Å². The highest BCUT2D eigenvalue weighted by atomic mass is 16.2. The van der Waals surface area contributed by atoms with Gasteiger partial charge in [0.2, 0.25) is 0 Å². The Hall–Kier alpha value is -1.91. The molecule has 0 spiro atoms. The van der Waals surface area contributed by atoms with E-state index in [-0.39, 0.29) is 5.41 Å². The molecule has 2 aromatic rings. The first kappa shape index (κ1) is 20.4. The van der Waals surface area contributed by atoms with Crippen LogP contribution in [-0.4, -0.2) is 54.3 Å². The van der Waals surface area contributed by atoms with Crippen LogP contribution >= 0.6 is 0 Å². The van der Waals surface area contributed by atoms with Gasteiger partial charge in [-0.3, -0.25) is 4.90 Å². The average molecular weight is 394 g/mol. The van der Waals surface area contributed by atoms with Gasteiger partial charge in [-0.05, 0) is 73.4 Å². The van der Waals surface area contributed by atoms with Gasteiger partial charge >= 0.3 is 0 Å². The van der Waals surface area contributed by atoms with Crippen molar-refractivity contribution in [3.8, 4) is 11.3 Å². The molecule has 156 valence electrons. The summed E-state index contributed by atoms with van der Waals surface area (Å²) in [5.41, 5.74) is 5.59. The smallest absolute Gasteiger partial charge is 0.129 e. The molecular formula is C25H35N3O. The van der Waals surface area contributed by atoms with E-state index in [1.165, 1.54) is 36.0 Å². The molecule has 0 saturated carbocycles. The molecule has 4 nitrogen and oxygen atoms in total. The highest BCUT2D eigenvalue weighted by Crippen LogP contribution is 2.38. The zero-order valence-electron chi connectivity index (χ0n) is 18.0. The average Bonchev–Trinajstić information content (AvgIpc) is 2.74. The number of aliphatic hydroxyl groups excluding tert-OH is 1. The van der Waals surface area contributed by atoms with Crippen LogP contribution in [0.1, 0.15) is 50.7 Å². The number of aromatic nitrogens is 1. The van der Waals surface area contributed by atoms with Gasteiger partial charge in [0.15, 0.2) is 0 Å². The molecule has 0 amide bonds. The van der Waals surface area contributed by atoms with Gasteiger partial charge in [-0.15, -0.1) is 0 Å². The van der Waals surface area contributed by atoms with Crippen LogP contribution in [0.25, 0.3) is 11.3 Å². The lowest BCUT2D eigenvalue weighted by Gasteiger charge is -2.35. The molecule has 1 fully saturated rings. The quantitative estimate of drug-likeness (QED) is 0.745. The third kappa shape index (κ3) is 4.65. The van der Waals surface area contributed by atoms with E-state index in [9.17, 15) is 0 Å². The second kappa shape index (κ2) is 8.85. The van der Waals surface area contributed by atoms with E-state index >= 15 is 0 Å². The number of aliphatic hydroxyl groups is 1. The SMILES string of the molecule is CC1(C)CCCc2ccc(-c3cccc(N4CCN(CCCCO)CC4)n3)cc21. The number of anilines is 1. The third-order valence-electron chi connectivity index (χ3n) is 6.70. The number of hydrogen-bond donors (Lipinski definition) is 1. The summed E-state index contributed by atoms with van der Waals surface area (Å²) in [5, 5.41) is 8.97.